The van der Waals surface area contributed by atoms with Crippen LogP contribution in [0.15, 0.2) is 30.3 Å². The van der Waals surface area contributed by atoms with Gasteiger partial charge in [0.15, 0.2) is 0 Å². The Morgan fingerprint density at radius 1 is 1.33 bits per heavy atom. The number of carbonyl (C=O) groups excluding carboxylic acids is 1. The van der Waals surface area contributed by atoms with Crippen molar-refractivity contribution in [2.24, 2.45) is 5.41 Å². The predicted molar refractivity (Wildman–Crippen MR) is 72.5 cm³/mol. The molecule has 1 aromatic carbocycles. The van der Waals surface area contributed by atoms with Gasteiger partial charge in [0.2, 0.25) is 0 Å². The number of rotatable bonds is 3. The normalized spacial score (nSPS) is 11.8. The van der Waals surface area contributed by atoms with Crippen LogP contribution < -0.4 is 0 Å². The molecule has 0 aliphatic rings. The molecule has 18 heavy (non-hydrogen) atoms. The van der Waals surface area contributed by atoms with Gasteiger partial charge in [-0.05, 0) is 38.3 Å². The zero-order chi connectivity index (χ0) is 13.3. The number of carbonyl (C=O) groups is 1. The van der Waals surface area contributed by atoms with Gasteiger partial charge < -0.3 is 9.30 Å². The summed E-state index contributed by atoms with van der Waals surface area (Å²) in [7, 11) is 1.44. The van der Waals surface area contributed by atoms with Gasteiger partial charge in [-0.1, -0.05) is 18.2 Å². The van der Waals surface area contributed by atoms with Crippen LogP contribution in [0.2, 0.25) is 0 Å². The van der Waals surface area contributed by atoms with E-state index in [9.17, 15) is 4.79 Å². The highest BCUT2D eigenvalue weighted by Gasteiger charge is 2.30. The topological polar surface area (TPSA) is 31.2 Å². The van der Waals surface area contributed by atoms with Crippen molar-refractivity contribution < 1.29 is 9.53 Å². The van der Waals surface area contributed by atoms with E-state index in [2.05, 4.69) is 29.7 Å². The average Bonchev–Trinajstić information content (AvgIpc) is 2.65. The first-order chi connectivity index (χ1) is 8.45. The Balaban J connectivity index is 2.43. The molecule has 0 N–H and O–H groups in total. The molecule has 0 bridgehead atoms. The standard InChI is InChI=1S/C15H19NO2/c1-11-9-12-7-5-6-8-13(12)16(11)10-15(2,3)14(17)18-4/h5-9H,10H2,1-4H3. The van der Waals surface area contributed by atoms with Crippen molar-refractivity contribution >= 4 is 16.9 Å². The van der Waals surface area contributed by atoms with Gasteiger partial charge in [-0.2, -0.15) is 0 Å². The van der Waals surface area contributed by atoms with Crippen LogP contribution >= 0.6 is 0 Å². The second kappa shape index (κ2) is 4.48. The molecule has 0 saturated carbocycles. The Morgan fingerprint density at radius 2 is 2.00 bits per heavy atom. The minimum absolute atomic E-state index is 0.181. The fraction of sp³-hybridized carbons (Fsp3) is 0.400. The number of aryl methyl sites for hydroxylation is 1. The highest BCUT2D eigenvalue weighted by atomic mass is 16.5. The molecule has 0 saturated heterocycles. The van der Waals surface area contributed by atoms with E-state index in [4.69, 9.17) is 4.74 Å². The molecule has 0 aliphatic carbocycles. The first-order valence-electron chi connectivity index (χ1n) is 6.09. The lowest BCUT2D eigenvalue weighted by Crippen LogP contribution is -2.30. The first-order valence-corrected chi connectivity index (χ1v) is 6.09. The maximum atomic E-state index is 11.8. The fourth-order valence-corrected chi connectivity index (χ4v) is 2.29. The summed E-state index contributed by atoms with van der Waals surface area (Å²) in [5.41, 5.74) is 1.79. The summed E-state index contributed by atoms with van der Waals surface area (Å²) in [5, 5.41) is 1.20. The molecule has 2 rings (SSSR count). The third-order valence-corrected chi connectivity index (χ3v) is 3.31. The highest BCUT2D eigenvalue weighted by molar-refractivity contribution is 5.82. The third-order valence-electron chi connectivity index (χ3n) is 3.31. The Hall–Kier alpha value is -1.77. The molecule has 0 spiro atoms. The number of aromatic nitrogens is 1. The molecular weight excluding hydrogens is 226 g/mol. The molecule has 2 aromatic rings. The van der Waals surface area contributed by atoms with E-state index < -0.39 is 5.41 Å². The number of para-hydroxylation sites is 1. The van der Waals surface area contributed by atoms with Gasteiger partial charge in [0.1, 0.15) is 0 Å². The molecular formula is C15H19NO2. The van der Waals surface area contributed by atoms with Crippen molar-refractivity contribution in [1.82, 2.24) is 4.57 Å². The monoisotopic (exact) mass is 245 g/mol. The zero-order valence-corrected chi connectivity index (χ0v) is 11.4. The van der Waals surface area contributed by atoms with Gasteiger partial charge in [-0.3, -0.25) is 4.79 Å². The lowest BCUT2D eigenvalue weighted by Gasteiger charge is -2.23. The van der Waals surface area contributed by atoms with E-state index in [1.165, 1.54) is 12.5 Å². The SMILES string of the molecule is COC(=O)C(C)(C)Cn1c(C)cc2ccccc21. The van der Waals surface area contributed by atoms with Gasteiger partial charge in [0, 0.05) is 17.8 Å². The molecule has 1 heterocycles. The maximum absolute atomic E-state index is 11.8. The largest absolute Gasteiger partial charge is 0.469 e. The van der Waals surface area contributed by atoms with Crippen LogP contribution in [0.4, 0.5) is 0 Å². The van der Waals surface area contributed by atoms with Gasteiger partial charge in [-0.15, -0.1) is 0 Å². The van der Waals surface area contributed by atoms with E-state index in [1.807, 2.05) is 26.0 Å². The molecule has 0 atom stereocenters. The molecule has 96 valence electrons. The molecule has 0 amide bonds. The van der Waals surface area contributed by atoms with Crippen molar-refractivity contribution in [3.63, 3.8) is 0 Å². The fourth-order valence-electron chi connectivity index (χ4n) is 2.29. The molecule has 0 fully saturated rings. The minimum Gasteiger partial charge on any atom is -0.469 e. The van der Waals surface area contributed by atoms with Crippen LogP contribution in [0.5, 0.6) is 0 Å². The molecule has 3 nitrogen and oxygen atoms in total. The second-order valence-corrected chi connectivity index (χ2v) is 5.31. The van der Waals surface area contributed by atoms with E-state index in [1.54, 1.807) is 0 Å². The summed E-state index contributed by atoms with van der Waals surface area (Å²) in [5.74, 6) is -0.181. The quantitative estimate of drug-likeness (QED) is 0.778. The van der Waals surface area contributed by atoms with Crippen molar-refractivity contribution in [3.8, 4) is 0 Å². The Bertz CT molecular complexity index is 581. The summed E-state index contributed by atoms with van der Waals surface area (Å²) in [4.78, 5) is 11.8. The van der Waals surface area contributed by atoms with Crippen LogP contribution in [0.3, 0.4) is 0 Å². The molecule has 0 radical (unpaired) electrons. The average molecular weight is 245 g/mol. The van der Waals surface area contributed by atoms with E-state index in [0.29, 0.717) is 6.54 Å². The van der Waals surface area contributed by atoms with Crippen LogP contribution in [0.1, 0.15) is 19.5 Å². The number of fused-ring (bicyclic) bond motifs is 1. The van der Waals surface area contributed by atoms with Crippen molar-refractivity contribution in [2.75, 3.05) is 7.11 Å². The number of hydrogen-bond donors (Lipinski definition) is 0. The summed E-state index contributed by atoms with van der Waals surface area (Å²) in [6.45, 7) is 6.51. The lowest BCUT2D eigenvalue weighted by atomic mass is 9.93. The van der Waals surface area contributed by atoms with E-state index in [-0.39, 0.29) is 5.97 Å². The van der Waals surface area contributed by atoms with Gasteiger partial charge in [0.05, 0.1) is 12.5 Å². The van der Waals surface area contributed by atoms with Crippen LogP contribution in [0, 0.1) is 12.3 Å². The van der Waals surface area contributed by atoms with Gasteiger partial charge in [-0.25, -0.2) is 0 Å². The molecule has 1 aromatic heterocycles. The van der Waals surface area contributed by atoms with Crippen LogP contribution in [-0.4, -0.2) is 17.6 Å². The first kappa shape index (κ1) is 12.7. The lowest BCUT2D eigenvalue weighted by molar-refractivity contribution is -0.151. The van der Waals surface area contributed by atoms with Crippen molar-refractivity contribution in [3.05, 3.63) is 36.0 Å². The molecule has 0 unspecified atom stereocenters. The van der Waals surface area contributed by atoms with E-state index >= 15 is 0 Å². The summed E-state index contributed by atoms with van der Waals surface area (Å²) in [6, 6.07) is 10.4. The Kier molecular flexibility index (Phi) is 3.16. The summed E-state index contributed by atoms with van der Waals surface area (Å²) >= 11 is 0. The number of benzene rings is 1. The second-order valence-electron chi connectivity index (χ2n) is 5.31. The Labute approximate surface area is 107 Å². The van der Waals surface area contributed by atoms with Crippen molar-refractivity contribution in [2.45, 2.75) is 27.3 Å². The highest BCUT2D eigenvalue weighted by Crippen LogP contribution is 2.26. The number of methoxy groups -OCH3 is 1. The smallest absolute Gasteiger partial charge is 0.313 e. The summed E-state index contributed by atoms with van der Waals surface area (Å²) in [6.07, 6.45) is 0. The zero-order valence-electron chi connectivity index (χ0n) is 11.4. The van der Waals surface area contributed by atoms with E-state index in [0.717, 1.165) is 11.2 Å². The number of nitrogens with zero attached hydrogens (tertiary/aromatic N) is 1. The van der Waals surface area contributed by atoms with Crippen LogP contribution in [-0.2, 0) is 16.1 Å². The van der Waals surface area contributed by atoms with Gasteiger partial charge in [0.25, 0.3) is 0 Å². The Morgan fingerprint density at radius 3 is 2.67 bits per heavy atom. The summed E-state index contributed by atoms with van der Waals surface area (Å²) < 4.78 is 7.04. The minimum atomic E-state index is -0.526. The molecule has 3 heteroatoms. The predicted octanol–water partition coefficient (Wildman–Crippen LogP) is 3.15. The molecule has 0 aliphatic heterocycles. The van der Waals surface area contributed by atoms with Gasteiger partial charge >= 0.3 is 5.97 Å². The number of ether oxygens (including phenoxy) is 1. The number of hydrogen-bond acceptors (Lipinski definition) is 2. The van der Waals surface area contributed by atoms with Crippen LogP contribution in [0.25, 0.3) is 10.9 Å². The maximum Gasteiger partial charge on any atom is 0.313 e. The number of esters is 1. The third kappa shape index (κ3) is 2.13. The van der Waals surface area contributed by atoms with Crippen molar-refractivity contribution in [1.29, 1.82) is 0 Å².